The highest BCUT2D eigenvalue weighted by molar-refractivity contribution is 5.94. The second-order valence-electron chi connectivity index (χ2n) is 4.95. The molecule has 2 aromatic rings. The van der Waals surface area contributed by atoms with Gasteiger partial charge in [-0.2, -0.15) is 0 Å². The van der Waals surface area contributed by atoms with E-state index >= 15 is 0 Å². The van der Waals surface area contributed by atoms with Crippen LogP contribution in [0.5, 0.6) is 0 Å². The first kappa shape index (κ1) is 18.8. The first-order valence-corrected chi connectivity index (χ1v) is 7.63. The van der Waals surface area contributed by atoms with Crippen molar-refractivity contribution in [2.24, 2.45) is 0 Å². The Morgan fingerprint density at radius 1 is 1.20 bits per heavy atom. The number of nitrogens with zero attached hydrogens (tertiary/aromatic N) is 1. The van der Waals surface area contributed by atoms with E-state index in [4.69, 9.17) is 9.47 Å². The van der Waals surface area contributed by atoms with E-state index in [0.717, 1.165) is 10.9 Å². The van der Waals surface area contributed by atoms with Crippen LogP contribution in [0.1, 0.15) is 24.2 Å². The number of hydrogen-bond donors (Lipinski definition) is 1. The maximum Gasteiger partial charge on any atom is 0.343 e. The Balaban J connectivity index is 2.65. The van der Waals surface area contributed by atoms with Crippen LogP contribution in [0.25, 0.3) is 10.9 Å². The van der Waals surface area contributed by atoms with Crippen LogP contribution >= 0.6 is 0 Å². The van der Waals surface area contributed by atoms with Crippen LogP contribution in [0.2, 0.25) is 0 Å². The van der Waals surface area contributed by atoms with Crippen molar-refractivity contribution in [3.8, 4) is 0 Å². The molecule has 2 rings (SSSR count). The number of ether oxygens (including phenoxy) is 2. The number of carbonyl (C=O) groups excluding carboxylic acids is 1. The molecule has 1 N–H and O–H groups in total. The van der Waals surface area contributed by atoms with E-state index in [9.17, 15) is 22.8 Å². The third-order valence-electron chi connectivity index (χ3n) is 3.35. The predicted molar refractivity (Wildman–Crippen MR) is 84.8 cm³/mol. The van der Waals surface area contributed by atoms with Gasteiger partial charge >= 0.3 is 5.97 Å². The minimum absolute atomic E-state index is 0.0141. The van der Waals surface area contributed by atoms with Crippen molar-refractivity contribution < 1.29 is 27.4 Å². The molecular weight excluding hydrogens is 341 g/mol. The van der Waals surface area contributed by atoms with E-state index in [1.54, 1.807) is 13.8 Å². The van der Waals surface area contributed by atoms with E-state index in [-0.39, 0.29) is 19.8 Å². The molecule has 0 fully saturated rings. The Hall–Kier alpha value is -2.55. The Morgan fingerprint density at radius 3 is 2.56 bits per heavy atom. The average Bonchev–Trinajstić information content (AvgIpc) is 2.58. The van der Waals surface area contributed by atoms with Gasteiger partial charge in [0.1, 0.15) is 11.1 Å². The van der Waals surface area contributed by atoms with Crippen molar-refractivity contribution in [3.63, 3.8) is 0 Å². The first-order chi connectivity index (χ1) is 11.9. The molecule has 136 valence electrons. The van der Waals surface area contributed by atoms with Crippen LogP contribution in [-0.2, 0) is 9.47 Å². The van der Waals surface area contributed by atoms with Gasteiger partial charge < -0.3 is 14.9 Å². The summed E-state index contributed by atoms with van der Waals surface area (Å²) in [7, 11) is 0. The van der Waals surface area contributed by atoms with Gasteiger partial charge in [-0.3, -0.25) is 9.47 Å². The lowest BCUT2D eigenvalue weighted by Gasteiger charge is -2.16. The SMILES string of the molecule is CCOCCNn1cc(C(=O)OCC)c(=O)c2cc(F)c(F)c(F)c21. The average molecular weight is 358 g/mol. The van der Waals surface area contributed by atoms with E-state index < -0.39 is 45.3 Å². The highest BCUT2D eigenvalue weighted by atomic mass is 19.2. The first-order valence-electron chi connectivity index (χ1n) is 7.63. The van der Waals surface area contributed by atoms with Gasteiger partial charge in [0.2, 0.25) is 5.43 Å². The third-order valence-corrected chi connectivity index (χ3v) is 3.35. The van der Waals surface area contributed by atoms with Gasteiger partial charge in [0.25, 0.3) is 0 Å². The topological polar surface area (TPSA) is 69.6 Å². The highest BCUT2D eigenvalue weighted by Crippen LogP contribution is 2.21. The molecule has 1 aromatic heterocycles. The molecule has 1 aromatic carbocycles. The molecule has 0 radical (unpaired) electrons. The summed E-state index contributed by atoms with van der Waals surface area (Å²) in [6.07, 6.45) is 0.995. The molecule has 0 unspecified atom stereocenters. The molecule has 0 saturated carbocycles. The predicted octanol–water partition coefficient (Wildman–Crippen LogP) is 2.18. The summed E-state index contributed by atoms with van der Waals surface area (Å²) in [5.41, 5.74) is 0.807. The quantitative estimate of drug-likeness (QED) is 0.467. The summed E-state index contributed by atoms with van der Waals surface area (Å²) in [5.74, 6) is -5.72. The zero-order chi connectivity index (χ0) is 18.6. The van der Waals surface area contributed by atoms with Crippen molar-refractivity contribution in [2.45, 2.75) is 13.8 Å². The fraction of sp³-hybridized carbons (Fsp3) is 0.375. The van der Waals surface area contributed by atoms with Crippen molar-refractivity contribution in [1.82, 2.24) is 4.68 Å². The molecule has 25 heavy (non-hydrogen) atoms. The number of halogens is 3. The number of fused-ring (bicyclic) bond motifs is 1. The van der Waals surface area contributed by atoms with Gasteiger partial charge in [0.05, 0.1) is 25.1 Å². The number of nitrogens with one attached hydrogen (secondary N) is 1. The van der Waals surface area contributed by atoms with Crippen LogP contribution in [0.3, 0.4) is 0 Å². The number of pyridine rings is 1. The summed E-state index contributed by atoms with van der Waals surface area (Å²) in [5, 5.41) is -0.481. The zero-order valence-electron chi connectivity index (χ0n) is 13.7. The molecule has 0 bridgehead atoms. The molecule has 1 heterocycles. The molecule has 9 heteroatoms. The lowest BCUT2D eigenvalue weighted by Crippen LogP contribution is -2.27. The molecule has 6 nitrogen and oxygen atoms in total. The Morgan fingerprint density at radius 2 is 1.92 bits per heavy atom. The van der Waals surface area contributed by atoms with Gasteiger partial charge in [-0.25, -0.2) is 18.0 Å². The van der Waals surface area contributed by atoms with Gasteiger partial charge in [-0.15, -0.1) is 0 Å². The Labute approximate surface area is 141 Å². The minimum atomic E-state index is -1.71. The van der Waals surface area contributed by atoms with Crippen molar-refractivity contribution >= 4 is 16.9 Å². The van der Waals surface area contributed by atoms with Crippen molar-refractivity contribution in [3.05, 3.63) is 45.5 Å². The smallest absolute Gasteiger partial charge is 0.343 e. The fourth-order valence-corrected chi connectivity index (χ4v) is 2.25. The number of hydrogen-bond acceptors (Lipinski definition) is 5. The number of esters is 1. The Kier molecular flexibility index (Phi) is 6.02. The van der Waals surface area contributed by atoms with E-state index in [1.807, 2.05) is 0 Å². The van der Waals surface area contributed by atoms with Gasteiger partial charge in [0, 0.05) is 12.8 Å². The molecule has 0 aliphatic heterocycles. The van der Waals surface area contributed by atoms with Crippen LogP contribution in [-0.4, -0.2) is 37.0 Å². The van der Waals surface area contributed by atoms with Crippen LogP contribution in [0.4, 0.5) is 13.2 Å². The molecule has 0 aliphatic carbocycles. The molecule has 0 aliphatic rings. The lowest BCUT2D eigenvalue weighted by molar-refractivity contribution is 0.0524. The number of carbonyl (C=O) groups is 1. The van der Waals surface area contributed by atoms with Crippen LogP contribution < -0.4 is 10.9 Å². The van der Waals surface area contributed by atoms with Crippen molar-refractivity contribution in [1.29, 1.82) is 0 Å². The maximum atomic E-state index is 14.2. The number of aromatic nitrogens is 1. The zero-order valence-corrected chi connectivity index (χ0v) is 13.7. The van der Waals surface area contributed by atoms with Crippen LogP contribution in [0, 0.1) is 17.5 Å². The molecule has 0 spiro atoms. The van der Waals surface area contributed by atoms with E-state index in [0.29, 0.717) is 12.7 Å². The van der Waals surface area contributed by atoms with Gasteiger partial charge in [-0.05, 0) is 19.9 Å². The summed E-state index contributed by atoms with van der Waals surface area (Å²) in [4.78, 5) is 24.3. The Bertz CT molecular complexity index is 852. The summed E-state index contributed by atoms with van der Waals surface area (Å²) >= 11 is 0. The fourth-order valence-electron chi connectivity index (χ4n) is 2.25. The molecule has 0 atom stereocenters. The largest absolute Gasteiger partial charge is 0.462 e. The number of rotatable bonds is 7. The van der Waals surface area contributed by atoms with Crippen LogP contribution in [0.15, 0.2) is 17.1 Å². The van der Waals surface area contributed by atoms with Crippen molar-refractivity contribution in [2.75, 3.05) is 31.8 Å². The third kappa shape index (κ3) is 3.76. The second kappa shape index (κ2) is 8.02. The lowest BCUT2D eigenvalue weighted by atomic mass is 10.1. The summed E-state index contributed by atoms with van der Waals surface area (Å²) < 4.78 is 52.2. The van der Waals surface area contributed by atoms with E-state index in [1.165, 1.54) is 0 Å². The van der Waals surface area contributed by atoms with Gasteiger partial charge in [0.15, 0.2) is 17.5 Å². The summed E-state index contributed by atoms with van der Waals surface area (Å²) in [6.45, 7) is 4.21. The molecule has 0 amide bonds. The maximum absolute atomic E-state index is 14.2. The highest BCUT2D eigenvalue weighted by Gasteiger charge is 2.23. The number of benzene rings is 1. The normalized spacial score (nSPS) is 10.9. The van der Waals surface area contributed by atoms with E-state index in [2.05, 4.69) is 5.43 Å². The molecular formula is C16H17F3N2O4. The van der Waals surface area contributed by atoms with Gasteiger partial charge in [-0.1, -0.05) is 0 Å². The summed E-state index contributed by atoms with van der Waals surface area (Å²) in [6, 6.07) is 0.555. The monoisotopic (exact) mass is 358 g/mol. The standard InChI is InChI=1S/C16H17F3N2O4/c1-3-24-6-5-20-21-8-10(16(23)25-4-2)15(22)9-7-11(17)12(18)13(19)14(9)21/h7-8,20H,3-6H2,1-2H3. The second-order valence-corrected chi connectivity index (χ2v) is 4.95. The minimum Gasteiger partial charge on any atom is -0.462 e. The molecule has 0 saturated heterocycles.